The van der Waals surface area contributed by atoms with Gasteiger partial charge in [-0.25, -0.2) is 0 Å². The molecule has 4 heteroatoms. The Morgan fingerprint density at radius 3 is 1.95 bits per heavy atom. The van der Waals surface area contributed by atoms with Crippen LogP contribution in [0.25, 0.3) is 55.0 Å². The number of fused-ring (bicyclic) bond motifs is 12. The molecule has 0 N–H and O–H groups in total. The second-order valence-corrected chi connectivity index (χ2v) is 19.9. The first kappa shape index (κ1) is 35.3. The maximum absolute atomic E-state index is 7.17. The minimum Gasteiger partial charge on any atom is -0.454 e. The van der Waals surface area contributed by atoms with Gasteiger partial charge in [0.1, 0.15) is 5.58 Å². The smallest absolute Gasteiger partial charge is 0.333 e. The Labute approximate surface area is 358 Å². The highest BCUT2D eigenvalue weighted by Gasteiger charge is 2.51. The summed E-state index contributed by atoms with van der Waals surface area (Å²) in [4.78, 5) is 5.31. The van der Waals surface area contributed by atoms with Crippen LogP contribution in [0.3, 0.4) is 0 Å². The third kappa shape index (κ3) is 4.66. The van der Waals surface area contributed by atoms with Gasteiger partial charge >= 0.3 is 6.85 Å². The highest BCUT2D eigenvalue weighted by molar-refractivity contribution is 6.94. The molecule has 0 bridgehead atoms. The molecule has 0 saturated carbocycles. The number of anilines is 5. The zero-order chi connectivity index (χ0) is 41.2. The number of nitrogens with zero attached hydrogens (tertiary/aromatic N) is 2. The minimum atomic E-state index is -0.257. The minimum absolute atomic E-state index is 0.0463. The molecule has 0 saturated heterocycles. The van der Waals surface area contributed by atoms with Crippen LogP contribution in [0.4, 0.5) is 28.4 Å². The van der Waals surface area contributed by atoms with Gasteiger partial charge in [0.15, 0.2) is 5.58 Å². The first-order valence-electron chi connectivity index (χ1n) is 22.1. The zero-order valence-corrected chi connectivity index (χ0v) is 35.7. The molecule has 1 aliphatic carbocycles. The Hall–Kier alpha value is -6.52. The van der Waals surface area contributed by atoms with E-state index >= 15 is 0 Å². The fourth-order valence-electron chi connectivity index (χ4n) is 11.8. The highest BCUT2D eigenvalue weighted by Crippen LogP contribution is 2.58. The number of hydrogen-bond acceptors (Lipinski definition) is 3. The monoisotopic (exact) mass is 786 g/mol. The summed E-state index contributed by atoms with van der Waals surface area (Å²) in [6.45, 7) is 14.5. The van der Waals surface area contributed by atoms with Gasteiger partial charge in [-0.15, -0.1) is 0 Å². The molecule has 3 nitrogen and oxygen atoms in total. The Bertz CT molecular complexity index is 3350. The first-order valence-corrected chi connectivity index (χ1v) is 22.1. The number of hydrogen-bond donors (Lipinski definition) is 0. The summed E-state index contributed by atoms with van der Waals surface area (Å²) in [6, 6.07) is 57.3. The third-order valence-electron chi connectivity index (χ3n) is 15.2. The van der Waals surface area contributed by atoms with Crippen molar-refractivity contribution in [3.63, 3.8) is 0 Å². The molecule has 8 aromatic carbocycles. The van der Waals surface area contributed by atoms with Crippen molar-refractivity contribution >= 4 is 78.9 Å². The average molecular weight is 787 g/mol. The van der Waals surface area contributed by atoms with E-state index in [1.807, 2.05) is 0 Å². The predicted octanol–water partition coefficient (Wildman–Crippen LogP) is 14.1. The van der Waals surface area contributed by atoms with Gasteiger partial charge in [-0.05, 0) is 133 Å². The van der Waals surface area contributed by atoms with Crippen LogP contribution in [0.15, 0.2) is 156 Å². The fraction of sp³-hybridized carbons (Fsp3) is 0.193. The molecule has 294 valence electrons. The second kappa shape index (κ2) is 11.9. The van der Waals surface area contributed by atoms with Crippen LogP contribution in [0, 0.1) is 0 Å². The molecule has 0 spiro atoms. The maximum Gasteiger partial charge on any atom is 0.333 e. The van der Waals surface area contributed by atoms with E-state index in [9.17, 15) is 0 Å². The van der Waals surface area contributed by atoms with Gasteiger partial charge in [0, 0.05) is 38.8 Å². The molecule has 0 unspecified atom stereocenters. The quantitative estimate of drug-likeness (QED) is 0.163. The molecule has 4 heterocycles. The summed E-state index contributed by atoms with van der Waals surface area (Å²) < 4.78 is 7.17. The fourth-order valence-corrected chi connectivity index (χ4v) is 11.8. The van der Waals surface area contributed by atoms with E-state index in [4.69, 9.17) is 4.42 Å². The van der Waals surface area contributed by atoms with Crippen molar-refractivity contribution in [2.45, 2.75) is 70.6 Å². The van der Waals surface area contributed by atoms with Crippen LogP contribution in [-0.2, 0) is 16.2 Å². The summed E-state index contributed by atoms with van der Waals surface area (Å²) in [5.74, 6) is 0. The Kier molecular flexibility index (Phi) is 6.85. The largest absolute Gasteiger partial charge is 0.454 e. The van der Waals surface area contributed by atoms with Crippen molar-refractivity contribution in [3.8, 4) is 22.3 Å². The second-order valence-electron chi connectivity index (χ2n) is 19.9. The maximum atomic E-state index is 7.17. The number of para-hydroxylation sites is 2. The van der Waals surface area contributed by atoms with E-state index in [0.717, 1.165) is 35.1 Å². The molecule has 3 aliphatic heterocycles. The van der Waals surface area contributed by atoms with E-state index < -0.39 is 0 Å². The number of furan rings is 1. The molecule has 0 radical (unpaired) electrons. The molecule has 0 amide bonds. The molecule has 0 fully saturated rings. The van der Waals surface area contributed by atoms with Crippen LogP contribution >= 0.6 is 0 Å². The van der Waals surface area contributed by atoms with E-state index in [1.165, 1.54) is 94.3 Å². The van der Waals surface area contributed by atoms with Gasteiger partial charge in [0.25, 0.3) is 0 Å². The van der Waals surface area contributed by atoms with Crippen molar-refractivity contribution in [3.05, 3.63) is 174 Å². The molecule has 61 heavy (non-hydrogen) atoms. The number of rotatable bonds is 2. The van der Waals surface area contributed by atoms with Crippen molar-refractivity contribution in [1.82, 2.24) is 0 Å². The van der Waals surface area contributed by atoms with Crippen molar-refractivity contribution in [1.29, 1.82) is 0 Å². The molecule has 0 atom stereocenters. The predicted molar refractivity (Wildman–Crippen MR) is 258 cm³/mol. The lowest BCUT2D eigenvalue weighted by Crippen LogP contribution is -2.62. The van der Waals surface area contributed by atoms with Gasteiger partial charge in [-0.2, -0.15) is 0 Å². The summed E-state index contributed by atoms with van der Waals surface area (Å²) in [5.41, 5.74) is 21.1. The van der Waals surface area contributed by atoms with E-state index in [-0.39, 0.29) is 23.1 Å². The zero-order valence-electron chi connectivity index (χ0n) is 35.7. The molecule has 4 aliphatic rings. The van der Waals surface area contributed by atoms with Crippen molar-refractivity contribution in [2.24, 2.45) is 0 Å². The third-order valence-corrected chi connectivity index (χ3v) is 15.2. The van der Waals surface area contributed by atoms with E-state index in [1.54, 1.807) is 0 Å². The van der Waals surface area contributed by atoms with E-state index in [0.29, 0.717) is 0 Å². The summed E-state index contributed by atoms with van der Waals surface area (Å²) in [6.07, 6.45) is 2.32. The summed E-state index contributed by atoms with van der Waals surface area (Å²) in [7, 11) is 0. The SMILES string of the molecule is CC1(C)CCC(C)(C)c2cc3c(cc21)-c1cc2c(oc4ccccc42)c2c1B(c1cccc4c1N2c1cc2ccccc2cc1C4(C)C)N3c1ccc(-c2ccccc2)cc1. The Morgan fingerprint density at radius 1 is 0.508 bits per heavy atom. The average Bonchev–Trinajstić information content (AvgIpc) is 3.65. The standard InChI is InChI=1S/C57H47BN2O/c1-55(2)27-28-56(3,4)45-33-48-40(32-44(45)55)41-31-42-39-19-12-13-22-50(39)61-54(42)53-51(41)58(60(48)38-25-23-35(24-26-38)34-15-8-7-9-16-34)47-21-14-20-43-52(47)59(53)49-30-37-18-11-10-17-36(37)29-46(49)57(43,5)6/h7-26,29-33H,27-28H2,1-6H3. The lowest BCUT2D eigenvalue weighted by molar-refractivity contribution is 0.332. The van der Waals surface area contributed by atoms with Gasteiger partial charge in [-0.3, -0.25) is 0 Å². The van der Waals surface area contributed by atoms with Crippen LogP contribution in [0.2, 0.25) is 0 Å². The van der Waals surface area contributed by atoms with E-state index in [2.05, 4.69) is 203 Å². The van der Waals surface area contributed by atoms with Gasteiger partial charge in [-0.1, -0.05) is 145 Å². The summed E-state index contributed by atoms with van der Waals surface area (Å²) >= 11 is 0. The van der Waals surface area contributed by atoms with Gasteiger partial charge in [0.05, 0.1) is 11.4 Å². The highest BCUT2D eigenvalue weighted by atomic mass is 16.3. The van der Waals surface area contributed by atoms with Crippen LogP contribution < -0.4 is 20.6 Å². The van der Waals surface area contributed by atoms with Crippen molar-refractivity contribution < 1.29 is 4.42 Å². The lowest BCUT2D eigenvalue weighted by Gasteiger charge is -2.51. The first-order chi connectivity index (χ1) is 29.5. The van der Waals surface area contributed by atoms with Crippen LogP contribution in [0.5, 0.6) is 0 Å². The molecular formula is C57H47BN2O. The van der Waals surface area contributed by atoms with Gasteiger partial charge < -0.3 is 14.1 Å². The lowest BCUT2D eigenvalue weighted by atomic mass is 9.42. The molecule has 1 aromatic heterocycles. The topological polar surface area (TPSA) is 19.6 Å². The van der Waals surface area contributed by atoms with Crippen molar-refractivity contribution in [2.75, 3.05) is 9.71 Å². The van der Waals surface area contributed by atoms with Gasteiger partial charge in [0.2, 0.25) is 0 Å². The molecule has 13 rings (SSSR count). The summed E-state index contributed by atoms with van der Waals surface area (Å²) in [5, 5.41) is 4.83. The Balaban J connectivity index is 1.20. The molecule has 9 aromatic rings. The number of benzene rings is 8. The normalized spacial score (nSPS) is 17.2. The molecular weight excluding hydrogens is 739 g/mol. The Morgan fingerprint density at radius 2 is 1.18 bits per heavy atom. The van der Waals surface area contributed by atoms with Crippen LogP contribution in [-0.4, -0.2) is 6.85 Å². The van der Waals surface area contributed by atoms with Crippen LogP contribution in [0.1, 0.15) is 76.6 Å².